The van der Waals surface area contributed by atoms with E-state index in [1.54, 1.807) is 6.07 Å². The standard InChI is InChI=1S/C12H18ClFN2O2S/c1-9(10-4-5-11(13)12(14)8-10)15-6-3-7-16-19(2,17)18/h4-5,8-9,15-16H,3,6-7H2,1-2H3. The van der Waals surface area contributed by atoms with E-state index in [9.17, 15) is 12.8 Å². The summed E-state index contributed by atoms with van der Waals surface area (Å²) in [7, 11) is -3.13. The predicted molar refractivity (Wildman–Crippen MR) is 75.3 cm³/mol. The number of benzene rings is 1. The van der Waals surface area contributed by atoms with Crippen molar-refractivity contribution in [3.8, 4) is 0 Å². The maximum Gasteiger partial charge on any atom is 0.208 e. The lowest BCUT2D eigenvalue weighted by Gasteiger charge is -2.14. The van der Waals surface area contributed by atoms with Crippen molar-refractivity contribution in [2.24, 2.45) is 0 Å². The Balaban J connectivity index is 2.35. The minimum absolute atomic E-state index is 0.0231. The first-order valence-corrected chi connectivity index (χ1v) is 8.19. The number of halogens is 2. The van der Waals surface area contributed by atoms with Gasteiger partial charge in [-0.15, -0.1) is 0 Å². The fourth-order valence-electron chi connectivity index (χ4n) is 1.56. The van der Waals surface area contributed by atoms with Gasteiger partial charge < -0.3 is 5.32 Å². The van der Waals surface area contributed by atoms with Crippen LogP contribution < -0.4 is 10.0 Å². The van der Waals surface area contributed by atoms with Gasteiger partial charge in [0.25, 0.3) is 0 Å². The van der Waals surface area contributed by atoms with Gasteiger partial charge in [0.2, 0.25) is 10.0 Å². The van der Waals surface area contributed by atoms with Crippen LogP contribution >= 0.6 is 11.6 Å². The van der Waals surface area contributed by atoms with E-state index in [0.29, 0.717) is 19.5 Å². The molecule has 1 aromatic carbocycles. The number of hydrogen-bond donors (Lipinski definition) is 2. The molecule has 0 saturated carbocycles. The molecule has 0 radical (unpaired) electrons. The molecule has 0 fully saturated rings. The Bertz CT molecular complexity index is 522. The zero-order valence-electron chi connectivity index (χ0n) is 10.9. The number of hydrogen-bond acceptors (Lipinski definition) is 3. The zero-order chi connectivity index (χ0) is 14.5. The minimum Gasteiger partial charge on any atom is -0.310 e. The lowest BCUT2D eigenvalue weighted by molar-refractivity contribution is 0.544. The highest BCUT2D eigenvalue weighted by molar-refractivity contribution is 7.88. The van der Waals surface area contributed by atoms with Crippen LogP contribution in [0.15, 0.2) is 18.2 Å². The van der Waals surface area contributed by atoms with Crippen molar-refractivity contribution in [3.05, 3.63) is 34.6 Å². The first-order valence-electron chi connectivity index (χ1n) is 5.92. The third kappa shape index (κ3) is 6.33. The zero-order valence-corrected chi connectivity index (χ0v) is 12.5. The Hall–Kier alpha value is -0.690. The smallest absolute Gasteiger partial charge is 0.208 e. The Morgan fingerprint density at radius 3 is 2.63 bits per heavy atom. The Kier molecular flexibility index (Phi) is 6.19. The second-order valence-corrected chi connectivity index (χ2v) is 6.61. The highest BCUT2D eigenvalue weighted by Gasteiger charge is 2.07. The van der Waals surface area contributed by atoms with Gasteiger partial charge in [0, 0.05) is 12.6 Å². The first kappa shape index (κ1) is 16.4. The second-order valence-electron chi connectivity index (χ2n) is 4.37. The summed E-state index contributed by atoms with van der Waals surface area (Å²) < 4.78 is 37.4. The van der Waals surface area contributed by atoms with E-state index in [-0.39, 0.29) is 11.1 Å². The summed E-state index contributed by atoms with van der Waals surface area (Å²) in [6.07, 6.45) is 1.78. The summed E-state index contributed by atoms with van der Waals surface area (Å²) in [5.74, 6) is -0.438. The maximum absolute atomic E-state index is 13.3. The molecular formula is C12H18ClFN2O2S. The van der Waals surface area contributed by atoms with Crippen LogP contribution in [0.25, 0.3) is 0 Å². The summed E-state index contributed by atoms with van der Waals surface area (Å²) in [5, 5.41) is 3.29. The SMILES string of the molecule is CC(NCCCNS(C)(=O)=O)c1ccc(Cl)c(F)c1. The first-order chi connectivity index (χ1) is 8.79. The molecule has 1 unspecified atom stereocenters. The van der Waals surface area contributed by atoms with E-state index in [0.717, 1.165) is 11.8 Å². The normalized spacial score (nSPS) is 13.5. The fourth-order valence-corrected chi connectivity index (χ4v) is 2.20. The van der Waals surface area contributed by atoms with Crippen molar-refractivity contribution >= 4 is 21.6 Å². The molecule has 1 atom stereocenters. The molecule has 4 nitrogen and oxygen atoms in total. The summed E-state index contributed by atoms with van der Waals surface area (Å²) in [6, 6.07) is 4.66. The van der Waals surface area contributed by atoms with Crippen LogP contribution in [0.1, 0.15) is 24.9 Å². The lowest BCUT2D eigenvalue weighted by atomic mass is 10.1. The van der Waals surface area contributed by atoms with Crippen LogP contribution in [0.5, 0.6) is 0 Å². The number of nitrogens with one attached hydrogen (secondary N) is 2. The van der Waals surface area contributed by atoms with Gasteiger partial charge in [-0.2, -0.15) is 0 Å². The van der Waals surface area contributed by atoms with E-state index >= 15 is 0 Å². The van der Waals surface area contributed by atoms with Crippen molar-refractivity contribution in [1.82, 2.24) is 10.0 Å². The summed E-state index contributed by atoms with van der Waals surface area (Å²) in [6.45, 7) is 2.92. The molecule has 0 spiro atoms. The van der Waals surface area contributed by atoms with E-state index in [1.807, 2.05) is 6.92 Å². The summed E-state index contributed by atoms with van der Waals surface area (Å²) in [4.78, 5) is 0. The van der Waals surface area contributed by atoms with Crippen LogP contribution in [0, 0.1) is 5.82 Å². The molecule has 0 aromatic heterocycles. The van der Waals surface area contributed by atoms with E-state index in [2.05, 4.69) is 10.0 Å². The number of sulfonamides is 1. The van der Waals surface area contributed by atoms with Crippen molar-refractivity contribution in [2.75, 3.05) is 19.3 Å². The van der Waals surface area contributed by atoms with Gasteiger partial charge in [0.05, 0.1) is 11.3 Å². The van der Waals surface area contributed by atoms with E-state index in [4.69, 9.17) is 11.6 Å². The van der Waals surface area contributed by atoms with Crippen molar-refractivity contribution in [3.63, 3.8) is 0 Å². The Morgan fingerprint density at radius 2 is 2.05 bits per heavy atom. The molecule has 2 N–H and O–H groups in total. The monoisotopic (exact) mass is 308 g/mol. The quantitative estimate of drug-likeness (QED) is 0.758. The van der Waals surface area contributed by atoms with Gasteiger partial charge in [0.15, 0.2) is 0 Å². The molecule has 7 heteroatoms. The van der Waals surface area contributed by atoms with Gasteiger partial charge in [-0.3, -0.25) is 0 Å². The van der Waals surface area contributed by atoms with E-state index in [1.165, 1.54) is 12.1 Å². The molecule has 0 aliphatic heterocycles. The van der Waals surface area contributed by atoms with Crippen LogP contribution in [-0.4, -0.2) is 27.8 Å². The third-order valence-electron chi connectivity index (χ3n) is 2.61. The molecule has 0 saturated heterocycles. The van der Waals surface area contributed by atoms with Crippen LogP contribution in [0.3, 0.4) is 0 Å². The number of rotatable bonds is 7. The largest absolute Gasteiger partial charge is 0.310 e. The van der Waals surface area contributed by atoms with Crippen molar-refractivity contribution in [1.29, 1.82) is 0 Å². The van der Waals surface area contributed by atoms with Gasteiger partial charge in [-0.25, -0.2) is 17.5 Å². The maximum atomic E-state index is 13.3. The lowest BCUT2D eigenvalue weighted by Crippen LogP contribution is -2.27. The highest BCUT2D eigenvalue weighted by atomic mass is 35.5. The molecular weight excluding hydrogens is 291 g/mol. The molecule has 0 heterocycles. The van der Waals surface area contributed by atoms with Crippen LogP contribution in [0.4, 0.5) is 4.39 Å². The highest BCUT2D eigenvalue weighted by Crippen LogP contribution is 2.19. The van der Waals surface area contributed by atoms with Crippen LogP contribution in [-0.2, 0) is 10.0 Å². The predicted octanol–water partition coefficient (Wildman–Crippen LogP) is 2.07. The molecule has 0 amide bonds. The minimum atomic E-state index is -3.13. The molecule has 108 valence electrons. The third-order valence-corrected chi connectivity index (χ3v) is 3.65. The molecule has 0 aliphatic rings. The van der Waals surface area contributed by atoms with Gasteiger partial charge in [-0.05, 0) is 37.6 Å². The second kappa shape index (κ2) is 7.19. The van der Waals surface area contributed by atoms with Crippen molar-refractivity contribution < 1.29 is 12.8 Å². The van der Waals surface area contributed by atoms with E-state index < -0.39 is 15.8 Å². The average Bonchev–Trinajstić information content (AvgIpc) is 2.30. The van der Waals surface area contributed by atoms with Crippen molar-refractivity contribution in [2.45, 2.75) is 19.4 Å². The summed E-state index contributed by atoms with van der Waals surface area (Å²) in [5.41, 5.74) is 0.804. The fraction of sp³-hybridized carbons (Fsp3) is 0.500. The molecule has 0 bridgehead atoms. The Labute approximate surface area is 118 Å². The molecule has 19 heavy (non-hydrogen) atoms. The van der Waals surface area contributed by atoms with Gasteiger partial charge >= 0.3 is 0 Å². The molecule has 1 aromatic rings. The summed E-state index contributed by atoms with van der Waals surface area (Å²) >= 11 is 5.61. The van der Waals surface area contributed by atoms with Gasteiger partial charge in [0.1, 0.15) is 5.82 Å². The Morgan fingerprint density at radius 1 is 1.37 bits per heavy atom. The van der Waals surface area contributed by atoms with Gasteiger partial charge in [-0.1, -0.05) is 17.7 Å². The average molecular weight is 309 g/mol. The topological polar surface area (TPSA) is 58.2 Å². The van der Waals surface area contributed by atoms with Crippen LogP contribution in [0.2, 0.25) is 5.02 Å². The molecule has 0 aliphatic carbocycles. The molecule has 1 rings (SSSR count).